The molecule has 1 heterocycles. The van der Waals surface area contributed by atoms with Gasteiger partial charge in [-0.25, -0.2) is 4.57 Å². The Morgan fingerprint density at radius 3 is 1.77 bits per heavy atom. The lowest BCUT2D eigenvalue weighted by atomic mass is 10.0. The third-order valence-corrected chi connectivity index (χ3v) is 12.0. The fourth-order valence-electron chi connectivity index (χ4n) is 7.07. The van der Waals surface area contributed by atoms with Gasteiger partial charge >= 0.3 is 19.8 Å². The number of ether oxygens (including phenoxy) is 2. The molecule has 0 amide bonds. The maximum absolute atomic E-state index is 12.7. The average molecular weight is 872 g/mol. The van der Waals surface area contributed by atoms with Gasteiger partial charge in [0.15, 0.2) is 6.10 Å². The minimum Gasteiger partial charge on any atom is -0.466 e. The highest BCUT2D eigenvalue weighted by Gasteiger charge is 2.26. The van der Waals surface area contributed by atoms with E-state index in [9.17, 15) is 29.3 Å². The van der Waals surface area contributed by atoms with Crippen LogP contribution in [0.2, 0.25) is 0 Å². The molecule has 0 bridgehead atoms. The number of nitrogens with two attached hydrogens (primary N) is 1. The SMILES string of the molecule is CCCCC/C=C\C[C@@H](O)[C@H](O)CCCCCCCC(=O)OC[C@H](COP(=O)(O)OCCN)OC(=O)CCCCCCCCCCCCc1oc(CCCCC)c(C)c1C. The molecule has 0 aliphatic carbocycles. The number of aliphatic hydroxyl groups is 2. The summed E-state index contributed by atoms with van der Waals surface area (Å²) in [5.74, 6) is 1.40. The van der Waals surface area contributed by atoms with Crippen molar-refractivity contribution in [2.24, 2.45) is 5.73 Å². The minimum atomic E-state index is -4.42. The number of phosphoric ester groups is 1. The van der Waals surface area contributed by atoms with E-state index in [1.165, 1.54) is 86.9 Å². The number of furan rings is 1. The summed E-state index contributed by atoms with van der Waals surface area (Å²) in [5, 5.41) is 20.4. The van der Waals surface area contributed by atoms with E-state index < -0.39 is 44.7 Å². The summed E-state index contributed by atoms with van der Waals surface area (Å²) in [6.07, 6.45) is 27.9. The van der Waals surface area contributed by atoms with E-state index in [0.717, 1.165) is 77.0 Å². The molecule has 13 heteroatoms. The van der Waals surface area contributed by atoms with Crippen molar-refractivity contribution in [2.45, 2.75) is 226 Å². The fraction of sp³-hybridized carbons (Fsp3) is 0.830. The average Bonchev–Trinajstić information content (AvgIpc) is 3.49. The normalized spacial score (nSPS) is 14.3. The molecular formula is C47H86NO11P. The molecule has 0 aliphatic rings. The topological polar surface area (TPSA) is 188 Å². The lowest BCUT2D eigenvalue weighted by Gasteiger charge is -2.20. The molecule has 60 heavy (non-hydrogen) atoms. The van der Waals surface area contributed by atoms with Crippen LogP contribution in [0.15, 0.2) is 16.6 Å². The van der Waals surface area contributed by atoms with Crippen LogP contribution in [-0.2, 0) is 45.5 Å². The summed E-state index contributed by atoms with van der Waals surface area (Å²) in [7, 11) is -4.42. The highest BCUT2D eigenvalue weighted by molar-refractivity contribution is 7.47. The highest BCUT2D eigenvalue weighted by Crippen LogP contribution is 2.43. The second kappa shape index (κ2) is 36.4. The van der Waals surface area contributed by atoms with Crippen molar-refractivity contribution in [3.8, 4) is 0 Å². The smallest absolute Gasteiger partial charge is 0.466 e. The molecule has 1 unspecified atom stereocenters. The standard InChI is InChI=1S/C47H86NO11P/c1-5-7-9-10-18-24-29-42(49)43(50)30-25-19-17-22-27-33-46(51)55-37-41(38-57-60(53,54)56-36-35-48)58-47(52)34-28-21-16-14-12-11-13-15-20-26-32-45-40(4)39(3)44(59-45)31-23-8-6-2/h18,24,41-43,49-50H,5-17,19-23,25-38,48H2,1-4H3,(H,53,54)/b24-18-/t41-,42-,43-/m1/s1. The third-order valence-electron chi connectivity index (χ3n) is 11.1. The number of carbonyl (C=O) groups is 2. The van der Waals surface area contributed by atoms with Crippen molar-refractivity contribution in [1.82, 2.24) is 0 Å². The van der Waals surface area contributed by atoms with Gasteiger partial charge in [0.2, 0.25) is 0 Å². The van der Waals surface area contributed by atoms with Gasteiger partial charge in [-0.05, 0) is 76.3 Å². The van der Waals surface area contributed by atoms with Crippen LogP contribution in [0.25, 0.3) is 0 Å². The van der Waals surface area contributed by atoms with E-state index in [-0.39, 0.29) is 32.6 Å². The molecule has 1 aromatic rings. The minimum absolute atomic E-state index is 0.0266. The molecule has 1 rings (SSSR count). The molecule has 0 radical (unpaired) electrons. The van der Waals surface area contributed by atoms with Crippen LogP contribution in [0.1, 0.15) is 203 Å². The molecule has 12 nitrogen and oxygen atoms in total. The number of allylic oxidation sites excluding steroid dienone is 1. The molecule has 0 aliphatic heterocycles. The van der Waals surface area contributed by atoms with Crippen LogP contribution in [0, 0.1) is 13.8 Å². The fourth-order valence-corrected chi connectivity index (χ4v) is 7.84. The summed E-state index contributed by atoms with van der Waals surface area (Å²) < 4.78 is 39.0. The van der Waals surface area contributed by atoms with E-state index >= 15 is 0 Å². The van der Waals surface area contributed by atoms with E-state index in [4.69, 9.17) is 28.7 Å². The molecule has 0 fully saturated rings. The molecule has 5 N–H and O–H groups in total. The van der Waals surface area contributed by atoms with Gasteiger partial charge in [-0.2, -0.15) is 0 Å². The van der Waals surface area contributed by atoms with Crippen LogP contribution < -0.4 is 5.73 Å². The zero-order chi connectivity index (χ0) is 44.3. The Hall–Kier alpha value is -2.05. The third kappa shape index (κ3) is 29.3. The molecule has 1 aromatic heterocycles. The van der Waals surface area contributed by atoms with Gasteiger partial charge in [0.1, 0.15) is 18.1 Å². The number of esters is 2. The van der Waals surface area contributed by atoms with Gasteiger partial charge < -0.3 is 34.7 Å². The molecule has 0 saturated heterocycles. The van der Waals surface area contributed by atoms with Gasteiger partial charge in [-0.1, -0.05) is 129 Å². The zero-order valence-corrected chi connectivity index (χ0v) is 39.0. The molecule has 0 saturated carbocycles. The molecule has 0 spiro atoms. The molecule has 4 atom stereocenters. The van der Waals surface area contributed by atoms with Crippen molar-refractivity contribution in [1.29, 1.82) is 0 Å². The Labute approximate surface area is 363 Å². The first-order valence-electron chi connectivity index (χ1n) is 23.7. The number of hydrogen-bond donors (Lipinski definition) is 4. The number of unbranched alkanes of at least 4 members (excludes halogenated alkanes) is 18. The summed E-state index contributed by atoms with van der Waals surface area (Å²) in [4.78, 5) is 35.0. The second-order valence-electron chi connectivity index (χ2n) is 16.5. The number of carbonyl (C=O) groups excluding carboxylic acids is 2. The van der Waals surface area contributed by atoms with E-state index in [2.05, 4.69) is 33.8 Å². The zero-order valence-electron chi connectivity index (χ0n) is 38.1. The summed E-state index contributed by atoms with van der Waals surface area (Å²) in [6.45, 7) is 7.84. The van der Waals surface area contributed by atoms with Crippen LogP contribution in [-0.4, -0.2) is 71.7 Å². The molecule has 0 aromatic carbocycles. The van der Waals surface area contributed by atoms with Crippen LogP contribution in [0.3, 0.4) is 0 Å². The summed E-state index contributed by atoms with van der Waals surface area (Å²) >= 11 is 0. The predicted molar refractivity (Wildman–Crippen MR) is 240 cm³/mol. The first-order chi connectivity index (χ1) is 28.9. The number of aliphatic hydroxyl groups excluding tert-OH is 2. The summed E-state index contributed by atoms with van der Waals surface area (Å²) in [5.41, 5.74) is 8.02. The monoisotopic (exact) mass is 872 g/mol. The van der Waals surface area contributed by atoms with Crippen molar-refractivity contribution in [2.75, 3.05) is 26.4 Å². The van der Waals surface area contributed by atoms with Gasteiger partial charge in [0.05, 0.1) is 25.4 Å². The summed E-state index contributed by atoms with van der Waals surface area (Å²) in [6, 6.07) is 0. The van der Waals surface area contributed by atoms with Crippen molar-refractivity contribution in [3.05, 3.63) is 34.8 Å². The van der Waals surface area contributed by atoms with Crippen molar-refractivity contribution >= 4 is 19.8 Å². The first-order valence-corrected chi connectivity index (χ1v) is 25.2. The lowest BCUT2D eigenvalue weighted by molar-refractivity contribution is -0.161. The van der Waals surface area contributed by atoms with E-state index in [1.807, 2.05) is 6.08 Å². The molecule has 350 valence electrons. The maximum Gasteiger partial charge on any atom is 0.472 e. The Kier molecular flexibility index (Phi) is 34.0. The Morgan fingerprint density at radius 1 is 0.667 bits per heavy atom. The van der Waals surface area contributed by atoms with Crippen LogP contribution in [0.4, 0.5) is 0 Å². The van der Waals surface area contributed by atoms with Gasteiger partial charge in [-0.3, -0.25) is 18.6 Å². The lowest BCUT2D eigenvalue weighted by Crippen LogP contribution is -2.29. The van der Waals surface area contributed by atoms with Gasteiger partial charge in [0, 0.05) is 32.2 Å². The highest BCUT2D eigenvalue weighted by atomic mass is 31.2. The van der Waals surface area contributed by atoms with Crippen molar-refractivity contribution < 1.29 is 52.2 Å². The predicted octanol–water partition coefficient (Wildman–Crippen LogP) is 11.0. The van der Waals surface area contributed by atoms with E-state index in [0.29, 0.717) is 25.7 Å². The maximum atomic E-state index is 12.7. The van der Waals surface area contributed by atoms with Crippen LogP contribution >= 0.6 is 7.82 Å². The van der Waals surface area contributed by atoms with Crippen molar-refractivity contribution in [3.63, 3.8) is 0 Å². The van der Waals surface area contributed by atoms with Gasteiger partial charge in [0.25, 0.3) is 0 Å². The Bertz CT molecular complexity index is 1300. The quantitative estimate of drug-likeness (QED) is 0.0211. The second-order valence-corrected chi connectivity index (χ2v) is 18.0. The van der Waals surface area contributed by atoms with Crippen LogP contribution in [0.5, 0.6) is 0 Å². The molecular weight excluding hydrogens is 785 g/mol. The number of rotatable bonds is 41. The number of aryl methyl sites for hydroxylation is 2. The number of phosphoric acid groups is 1. The first kappa shape index (κ1) is 56.0. The Balaban J connectivity index is 2.26. The largest absolute Gasteiger partial charge is 0.472 e. The van der Waals surface area contributed by atoms with E-state index in [1.54, 1.807) is 0 Å². The Morgan fingerprint density at radius 2 is 1.18 bits per heavy atom. The van der Waals surface area contributed by atoms with Gasteiger partial charge in [-0.15, -0.1) is 0 Å². The number of hydrogen-bond acceptors (Lipinski definition) is 11.